The minimum absolute atomic E-state index is 0.547. The Morgan fingerprint density at radius 1 is 0.455 bits per heavy atom. The summed E-state index contributed by atoms with van der Waals surface area (Å²) in [6.07, 6.45) is 10.0. The molecule has 0 fully saturated rings. The second kappa shape index (κ2) is 15.2. The number of thiophene rings is 1. The molecule has 4 aromatic heterocycles. The van der Waals surface area contributed by atoms with Crippen LogP contribution in [0.4, 0.5) is 0 Å². The van der Waals surface area contributed by atoms with Crippen molar-refractivity contribution in [1.82, 2.24) is 19.5 Å². The average Bonchev–Trinajstić information content (AvgIpc) is 4.00. The lowest BCUT2D eigenvalue weighted by Crippen LogP contribution is -2.07. The van der Waals surface area contributed by atoms with Gasteiger partial charge in [0.25, 0.3) is 0 Å². The molecule has 0 bridgehead atoms. The molecule has 1 aliphatic rings. The molecule has 9 aromatic carbocycles. The largest absolute Gasteiger partial charge is 0.456 e. The summed E-state index contributed by atoms with van der Waals surface area (Å²) in [5.41, 5.74) is 10.2. The van der Waals surface area contributed by atoms with Gasteiger partial charge >= 0.3 is 0 Å². The number of nitrogens with zero attached hydrogens (tertiary/aromatic N) is 4. The summed E-state index contributed by atoms with van der Waals surface area (Å²) in [5.74, 6) is 1.71. The van der Waals surface area contributed by atoms with Gasteiger partial charge in [-0.3, -0.25) is 4.57 Å². The highest BCUT2D eigenvalue weighted by molar-refractivity contribution is 7.25. The molecular weight excluding hydrogens is 825 g/mol. The second-order valence-electron chi connectivity index (χ2n) is 16.6. The van der Waals surface area contributed by atoms with Crippen LogP contribution in [0.1, 0.15) is 31.4 Å². The molecule has 13 aromatic rings. The molecule has 0 saturated heterocycles. The van der Waals surface area contributed by atoms with Crippen molar-refractivity contribution >= 4 is 109 Å². The minimum atomic E-state index is 0.547. The molecule has 66 heavy (non-hydrogen) atoms. The number of aromatic nitrogens is 4. The van der Waals surface area contributed by atoms with Gasteiger partial charge in [0.05, 0.1) is 11.0 Å². The molecule has 5 nitrogen and oxygen atoms in total. The number of rotatable bonds is 4. The average molecular weight is 865 g/mol. The fraction of sp³-hybridized carbons (Fsp3) is 0.0500. The highest BCUT2D eigenvalue weighted by Gasteiger charge is 2.26. The first kappa shape index (κ1) is 38.3. The third-order valence-corrected chi connectivity index (χ3v) is 14.2. The van der Waals surface area contributed by atoms with Crippen molar-refractivity contribution < 1.29 is 4.42 Å². The lowest BCUT2D eigenvalue weighted by molar-refractivity contribution is 0.669. The van der Waals surface area contributed by atoms with Crippen molar-refractivity contribution in [3.05, 3.63) is 193 Å². The zero-order valence-corrected chi connectivity index (χ0v) is 37.1. The molecular formula is C60H40N4OS. The summed E-state index contributed by atoms with van der Waals surface area (Å²) >= 11 is 1.84. The van der Waals surface area contributed by atoms with Crippen LogP contribution in [0.5, 0.6) is 0 Å². The van der Waals surface area contributed by atoms with Crippen molar-refractivity contribution in [3.8, 4) is 39.9 Å². The van der Waals surface area contributed by atoms with E-state index >= 15 is 0 Å². The molecule has 0 saturated carbocycles. The molecule has 6 heteroatoms. The van der Waals surface area contributed by atoms with E-state index in [0.29, 0.717) is 17.6 Å². The fourth-order valence-electron chi connectivity index (χ4n) is 10.2. The van der Waals surface area contributed by atoms with Gasteiger partial charge in [0.2, 0.25) is 5.95 Å². The molecule has 0 radical (unpaired) electrons. The Balaban J connectivity index is 0.00000215. The molecule has 0 aliphatic heterocycles. The Labute approximate surface area is 384 Å². The van der Waals surface area contributed by atoms with Crippen LogP contribution in [0.3, 0.4) is 0 Å². The monoisotopic (exact) mass is 864 g/mol. The highest BCUT2D eigenvalue weighted by atomic mass is 32.1. The van der Waals surface area contributed by atoms with Crippen LogP contribution in [0, 0.1) is 0 Å². The number of para-hydroxylation sites is 2. The van der Waals surface area contributed by atoms with Crippen LogP contribution in [-0.4, -0.2) is 19.5 Å². The summed E-state index contributed by atoms with van der Waals surface area (Å²) in [6, 6.07) is 60.4. The van der Waals surface area contributed by atoms with Crippen LogP contribution in [0.2, 0.25) is 0 Å². The van der Waals surface area contributed by atoms with E-state index in [1.165, 1.54) is 47.6 Å². The van der Waals surface area contributed by atoms with E-state index in [1.54, 1.807) is 0 Å². The predicted octanol–water partition coefficient (Wildman–Crippen LogP) is 17.0. The second-order valence-corrected chi connectivity index (χ2v) is 17.7. The maximum Gasteiger partial charge on any atom is 0.238 e. The normalized spacial score (nSPS) is 12.5. The van der Waals surface area contributed by atoms with E-state index in [9.17, 15) is 0 Å². The maximum absolute atomic E-state index is 6.44. The third-order valence-electron chi connectivity index (χ3n) is 13.0. The highest BCUT2D eigenvalue weighted by Crippen LogP contribution is 2.48. The molecule has 1 aliphatic carbocycles. The van der Waals surface area contributed by atoms with Gasteiger partial charge < -0.3 is 4.42 Å². The fourth-order valence-corrected chi connectivity index (χ4v) is 11.3. The summed E-state index contributed by atoms with van der Waals surface area (Å²) in [4.78, 5) is 16.4. The van der Waals surface area contributed by atoms with Gasteiger partial charge in [-0.05, 0) is 75.7 Å². The van der Waals surface area contributed by atoms with E-state index < -0.39 is 0 Å². The number of furan rings is 1. The molecule has 4 heterocycles. The van der Waals surface area contributed by atoms with Crippen LogP contribution < -0.4 is 0 Å². The molecule has 312 valence electrons. The van der Waals surface area contributed by atoms with Gasteiger partial charge in [-0.2, -0.15) is 9.97 Å². The van der Waals surface area contributed by atoms with Crippen LogP contribution in [0.15, 0.2) is 186 Å². The molecule has 14 rings (SSSR count). The topological polar surface area (TPSA) is 56.7 Å². The van der Waals surface area contributed by atoms with Crippen LogP contribution in [0.25, 0.3) is 137 Å². The SMILES string of the molecule is C1=Cc2c(c3c4cccc(-c5cccc6sc7ccccc7c56)c4n(-c4nc(-c5ccc6ccccc6c5)nc(-c5ccc6c(c5)oc5ccccc56)n4)c3c3ccccc23)C=CC1.CC. The number of hydrogen-bond acceptors (Lipinski definition) is 5. The van der Waals surface area contributed by atoms with E-state index in [1.807, 2.05) is 37.3 Å². The van der Waals surface area contributed by atoms with E-state index in [0.717, 1.165) is 77.6 Å². The Morgan fingerprint density at radius 2 is 1.09 bits per heavy atom. The Morgan fingerprint density at radius 3 is 1.95 bits per heavy atom. The Kier molecular flexibility index (Phi) is 8.83. The number of hydrogen-bond donors (Lipinski definition) is 0. The molecule has 0 atom stereocenters. The quantitative estimate of drug-likeness (QED) is 0.177. The first-order valence-corrected chi connectivity index (χ1v) is 23.5. The first-order chi connectivity index (χ1) is 32.7. The first-order valence-electron chi connectivity index (χ1n) is 22.7. The smallest absolute Gasteiger partial charge is 0.238 e. The standard InChI is InChI=1S/C58H34N4OS.C2H6/c1-2-16-38-39-17-6-7-20-44(39)55-53(42(38)19-3-1)47-24-12-23-45(43-22-13-27-51-52(43)46-21-9-11-26-50(46)64-51)54(47)62(55)58-60-56(36-29-28-34-14-4-5-15-35(34)32-36)59-57(61-58)37-30-31-41-40-18-8-10-25-48(40)63-49(41)33-37;1-2/h2-33H,1H2;1-2H3. The van der Waals surface area contributed by atoms with Crippen LogP contribution in [-0.2, 0) is 0 Å². The lowest BCUT2D eigenvalue weighted by atomic mass is 9.92. The van der Waals surface area contributed by atoms with E-state index in [-0.39, 0.29) is 0 Å². The lowest BCUT2D eigenvalue weighted by Gasteiger charge is -2.15. The number of allylic oxidation sites excluding steroid dienone is 2. The van der Waals surface area contributed by atoms with Gasteiger partial charge in [0.1, 0.15) is 11.2 Å². The minimum Gasteiger partial charge on any atom is -0.456 e. The summed E-state index contributed by atoms with van der Waals surface area (Å²) < 4.78 is 11.3. The molecule has 0 amide bonds. The Hall–Kier alpha value is -8.19. The van der Waals surface area contributed by atoms with Crippen LogP contribution >= 0.6 is 11.3 Å². The maximum atomic E-state index is 6.44. The molecule has 0 spiro atoms. The van der Waals surface area contributed by atoms with Gasteiger partial charge in [0, 0.05) is 63.8 Å². The van der Waals surface area contributed by atoms with Crippen molar-refractivity contribution in [2.24, 2.45) is 0 Å². The molecule has 0 N–H and O–H groups in total. The zero-order valence-electron chi connectivity index (χ0n) is 36.3. The third kappa shape index (κ3) is 5.81. The number of fused-ring (bicyclic) bond motifs is 15. The zero-order chi connectivity index (χ0) is 43.9. The van der Waals surface area contributed by atoms with E-state index in [4.69, 9.17) is 19.4 Å². The van der Waals surface area contributed by atoms with Crippen molar-refractivity contribution in [3.63, 3.8) is 0 Å². The summed E-state index contributed by atoms with van der Waals surface area (Å²) in [7, 11) is 0. The van der Waals surface area contributed by atoms with Gasteiger partial charge in [-0.25, -0.2) is 4.98 Å². The summed E-state index contributed by atoms with van der Waals surface area (Å²) in [5, 5.41) is 11.6. The van der Waals surface area contributed by atoms with Crippen molar-refractivity contribution in [2.45, 2.75) is 20.3 Å². The van der Waals surface area contributed by atoms with Gasteiger partial charge in [0.15, 0.2) is 11.6 Å². The predicted molar refractivity (Wildman–Crippen MR) is 280 cm³/mol. The van der Waals surface area contributed by atoms with Gasteiger partial charge in [-0.1, -0.05) is 172 Å². The summed E-state index contributed by atoms with van der Waals surface area (Å²) in [6.45, 7) is 4.00. The Bertz CT molecular complexity index is 4190. The van der Waals surface area contributed by atoms with Gasteiger partial charge in [-0.15, -0.1) is 11.3 Å². The van der Waals surface area contributed by atoms with Crippen molar-refractivity contribution in [2.75, 3.05) is 0 Å². The van der Waals surface area contributed by atoms with Crippen molar-refractivity contribution in [1.29, 1.82) is 0 Å². The van der Waals surface area contributed by atoms with E-state index in [2.05, 4.69) is 187 Å². The molecule has 0 unspecified atom stereocenters. The number of benzene rings is 9.